The van der Waals surface area contributed by atoms with Crippen LogP contribution in [0.15, 0.2) is 211 Å². The molecule has 0 unspecified atom stereocenters. The fourth-order valence-electron chi connectivity index (χ4n) is 17.2. The standard InChI is InChI=1S/C25H29NO.C18H23NOSi.C17H21NOSi.C15H23NO.C14H21NO.C11H15NO.C10H13NO.14ClH.7Zr/c1-2-26-16-22-11-21(20-6-4-3-5-7-20)12-23(24(22)27)25-13-17-8-18(14-25)10-19(9-17)15-25;1-5-19-13-16-11-15(14-9-7-6-8-10-14)12-17(18(16)20)21(2,3)4;1-18-12-15-10-14(13-8-6-5-7-9-13)11-16(17(15)19)20(2,3)4;1-6-15(4,5)13-9-11(3)8-12(14(13)17)10-16-7-2;1-6-14(3,4)12-8-10(2)7-11(9-15-5)13(12)16;1-4-12-7-10-6-8(2)5-9(3)11(10)13;1-7-4-8(2)10(12)9(5-7)6-11-3;;;;;;;;;;;;;;;;;;;;;/h3-7,11-12,16-19,27H,2,8-10,13-15H2,1H3;6-13,20H,5H2,1-4H3;5-12,19H,1-4H3;8-10,17H,6-7H2,1-5H3;7-9,16H,6H2,1-5H3;5-7,13H,4H2,1-3H3;4-6,12H,1-3H3;14*1H;;;;;;;/q;;;;;;;;;;;;;;;;;;;;;7*+2/p-14. The molecule has 4 aliphatic rings. The van der Waals surface area contributed by atoms with Gasteiger partial charge in [-0.15, -0.1) is 0 Å². The van der Waals surface area contributed by atoms with Crippen molar-refractivity contribution in [2.24, 2.45) is 52.7 Å². The van der Waals surface area contributed by atoms with Crippen LogP contribution in [0.5, 0.6) is 40.2 Å². The summed E-state index contributed by atoms with van der Waals surface area (Å²) in [4.78, 5) is 28.9. The monoisotopic (exact) mass is 2850 g/mol. The topological polar surface area (TPSA) is 228 Å². The predicted molar refractivity (Wildman–Crippen MR) is 629 cm³/mol. The minimum atomic E-state index is -1.62. The summed E-state index contributed by atoms with van der Waals surface area (Å²) in [6, 6.07) is 59.6. The Labute approximate surface area is 1010 Å². The van der Waals surface area contributed by atoms with E-state index in [1.165, 1.54) is 60.8 Å². The molecule has 0 radical (unpaired) electrons. The van der Waals surface area contributed by atoms with Crippen LogP contribution in [0.2, 0.25) is 39.3 Å². The average Bonchev–Trinajstić information content (AvgIpc) is 0.722. The van der Waals surface area contributed by atoms with E-state index >= 15 is 0 Å². The number of hydrogen-bond acceptors (Lipinski definition) is 14. The molecule has 4 fully saturated rings. The van der Waals surface area contributed by atoms with Crippen LogP contribution in [0, 0.1) is 59.3 Å². The summed E-state index contributed by atoms with van der Waals surface area (Å²) in [5.74, 6) is 5.25. The molecule has 4 saturated carbocycles. The zero-order chi connectivity index (χ0) is 112. The Morgan fingerprint density at radius 2 is 0.524 bits per heavy atom. The summed E-state index contributed by atoms with van der Waals surface area (Å²) >= 11 is -5.78. The minimum absolute atomic E-state index is 0.00751. The van der Waals surface area contributed by atoms with Gasteiger partial charge in [0.2, 0.25) is 0 Å². The third-order valence-electron chi connectivity index (χ3n) is 24.2. The number of benzene rings is 10. The Morgan fingerprint density at radius 1 is 0.299 bits per heavy atom. The summed E-state index contributed by atoms with van der Waals surface area (Å²) in [5, 5.41) is 74.2. The number of halogens is 14. The molecular formula is C110H145Cl14N7O7Si2Zr7. The van der Waals surface area contributed by atoms with E-state index in [1.807, 2.05) is 153 Å². The Kier molecular flexibility index (Phi) is 80.4. The van der Waals surface area contributed by atoms with Crippen molar-refractivity contribution >= 4 is 189 Å². The fourth-order valence-corrected chi connectivity index (χ4v) is 20.1. The van der Waals surface area contributed by atoms with Gasteiger partial charge in [0.05, 0.1) is 16.1 Å². The number of hydrogen-bond donors (Lipinski definition) is 7. The molecule has 0 aliphatic heterocycles. The summed E-state index contributed by atoms with van der Waals surface area (Å²) in [7, 11) is 71.0. The van der Waals surface area contributed by atoms with Gasteiger partial charge in [-0.25, -0.2) is 0 Å². The second-order valence-electron chi connectivity index (χ2n) is 37.9. The molecule has 10 aromatic rings. The second kappa shape index (κ2) is 80.9. The Bertz CT molecular complexity index is 5650. The van der Waals surface area contributed by atoms with Gasteiger partial charge in [0.25, 0.3) is 0 Å². The number of phenols is 7. The van der Waals surface area contributed by atoms with Crippen molar-refractivity contribution in [2.45, 2.75) is 218 Å². The summed E-state index contributed by atoms with van der Waals surface area (Å²) < 4.78 is 0. The van der Waals surface area contributed by atoms with Gasteiger partial charge in [-0.3, -0.25) is 34.9 Å². The zero-order valence-electron chi connectivity index (χ0n) is 89.1. The molecule has 14 nitrogen and oxygen atoms in total. The van der Waals surface area contributed by atoms with Gasteiger partial charge in [-0.2, -0.15) is 0 Å². The number of aliphatic imine (C=N–C) groups is 7. The molecule has 4 bridgehead atoms. The van der Waals surface area contributed by atoms with Crippen LogP contribution >= 0.6 is 119 Å². The summed E-state index contributed by atoms with van der Waals surface area (Å²) in [6.45, 7) is 49.1. The Hall–Kier alpha value is -0.834. The Balaban J connectivity index is 0.00000166. The molecule has 0 spiro atoms. The van der Waals surface area contributed by atoms with Crippen LogP contribution in [-0.2, 0) is 162 Å². The van der Waals surface area contributed by atoms with E-state index in [0.29, 0.717) is 40.2 Å². The van der Waals surface area contributed by atoms with E-state index in [9.17, 15) is 35.7 Å². The molecule has 0 heterocycles. The normalized spacial score (nSPS) is 14.5. The molecule has 4 aliphatic carbocycles. The zero-order valence-corrected chi connectivity index (χ0v) is 119. The van der Waals surface area contributed by atoms with Gasteiger partial charge in [-0.1, -0.05) is 208 Å². The van der Waals surface area contributed by atoms with E-state index in [4.69, 9.17) is 119 Å². The molecule has 0 atom stereocenters. The second-order valence-corrected chi connectivity index (χ2v) is 74.1. The molecule has 0 amide bonds. The molecule has 796 valence electrons. The van der Waals surface area contributed by atoms with Crippen molar-refractivity contribution in [3.63, 3.8) is 0 Å². The maximum absolute atomic E-state index is 11.3. The van der Waals surface area contributed by atoms with E-state index in [2.05, 4.69) is 214 Å². The number of nitrogens with zero attached hydrogens (tertiary/aromatic N) is 7. The number of rotatable bonds is 21. The van der Waals surface area contributed by atoms with Gasteiger partial charge in [-0.05, 0) is 280 Å². The molecule has 0 saturated heterocycles. The van der Waals surface area contributed by atoms with Crippen LogP contribution in [0.4, 0.5) is 0 Å². The Morgan fingerprint density at radius 3 is 0.776 bits per heavy atom. The van der Waals surface area contributed by atoms with Crippen molar-refractivity contribution in [3.8, 4) is 73.6 Å². The first-order valence-corrected chi connectivity index (χ1v) is 99.0. The first-order valence-electron chi connectivity index (χ1n) is 47.6. The molecule has 0 aromatic heterocycles. The number of aromatic hydroxyl groups is 7. The third kappa shape index (κ3) is 53.8. The molecule has 7 N–H and O–H groups in total. The van der Waals surface area contributed by atoms with Crippen molar-refractivity contribution in [1.82, 2.24) is 0 Å². The van der Waals surface area contributed by atoms with Gasteiger partial charge in [0.15, 0.2) is 0 Å². The van der Waals surface area contributed by atoms with Crippen LogP contribution in [-0.4, -0.2) is 143 Å². The third-order valence-corrected chi connectivity index (χ3v) is 28.2. The molecular weight excluding hydrogens is 2720 g/mol. The van der Waals surface area contributed by atoms with E-state index in [1.54, 1.807) is 58.4 Å². The quantitative estimate of drug-likeness (QED) is 0.0272. The first kappa shape index (κ1) is 146. The van der Waals surface area contributed by atoms with Crippen LogP contribution in [0.3, 0.4) is 0 Å². The van der Waals surface area contributed by atoms with Gasteiger partial charge >= 0.3 is 265 Å². The average molecular weight is 2870 g/mol. The van der Waals surface area contributed by atoms with Crippen molar-refractivity contribution in [3.05, 3.63) is 265 Å². The van der Waals surface area contributed by atoms with Crippen LogP contribution in [0.25, 0.3) is 33.4 Å². The van der Waals surface area contributed by atoms with Crippen LogP contribution < -0.4 is 10.4 Å². The van der Waals surface area contributed by atoms with Gasteiger partial charge in [0, 0.05) is 146 Å². The fraction of sp³-hybridized carbons (Fsp3) is 0.391. The SMILES string of the molecule is CCC(C)(C)c1cc(C)cc(C=NC)c1O.CCN=Cc1cc(-c2ccccc2)cc(C23CC4CC(CC(C4)C2)C3)c1O.CCN=Cc1cc(-c2ccccc2)cc([Si](C)(C)C)c1O.CCN=Cc1cc(C)cc(C(C)(C)CC)c1O.CCN=Cc1cc(C)cc(C)c1O.CN=Cc1cc(-c2ccccc2)cc([Si](C)(C)C)c1O.CN=Cc1cc(C)cc(C)c1O.[Cl][Zr][Cl].[Cl][Zr][Cl].[Cl][Zr][Cl].[Cl][Zr][Cl].[Cl][Zr][Cl].[Cl][Zr][Cl].[Cl][Zr][Cl]. The van der Waals surface area contributed by atoms with Crippen molar-refractivity contribution < 1.29 is 182 Å². The summed E-state index contributed by atoms with van der Waals surface area (Å²) in [5.41, 5.74) is 22.5. The molecule has 14 rings (SSSR count). The summed E-state index contributed by atoms with van der Waals surface area (Å²) in [6.07, 6.45) is 22.2. The van der Waals surface area contributed by atoms with Crippen molar-refractivity contribution in [1.29, 1.82) is 0 Å². The maximum atomic E-state index is 11.3. The number of phenolic OH excluding ortho intramolecular Hbond substituents is 7. The van der Waals surface area contributed by atoms with Crippen molar-refractivity contribution in [2.75, 3.05) is 47.3 Å². The van der Waals surface area contributed by atoms with Gasteiger partial charge < -0.3 is 35.7 Å². The van der Waals surface area contributed by atoms with E-state index in [0.717, 1.165) is 167 Å². The molecule has 37 heteroatoms. The van der Waals surface area contributed by atoms with Crippen LogP contribution in [0.1, 0.15) is 210 Å². The van der Waals surface area contributed by atoms with E-state index in [-0.39, 0.29) is 16.2 Å². The first-order chi connectivity index (χ1) is 69.6. The molecule has 10 aromatic carbocycles. The predicted octanol–water partition coefficient (Wildman–Crippen LogP) is 35.1. The van der Waals surface area contributed by atoms with E-state index < -0.39 is 162 Å². The molecule has 147 heavy (non-hydrogen) atoms. The number of aryl methyl sites for hydroxylation is 6. The van der Waals surface area contributed by atoms with Gasteiger partial charge in [0.1, 0.15) is 40.2 Å².